The number of rotatable bonds is 3. The van der Waals surface area contributed by atoms with Gasteiger partial charge < -0.3 is 9.88 Å². The number of H-pyrrole nitrogens is 2. The van der Waals surface area contributed by atoms with Gasteiger partial charge in [0.15, 0.2) is 5.82 Å². The lowest BCUT2D eigenvalue weighted by Gasteiger charge is -2.32. The highest BCUT2D eigenvalue weighted by molar-refractivity contribution is 5.92. The zero-order valence-electron chi connectivity index (χ0n) is 10.5. The van der Waals surface area contributed by atoms with E-state index in [4.69, 9.17) is 0 Å². The third kappa shape index (κ3) is 2.64. The summed E-state index contributed by atoms with van der Waals surface area (Å²) in [6.07, 6.45) is 4.66. The Kier molecular flexibility index (Phi) is 3.26. The molecular formula is C12H16N6O. The summed E-state index contributed by atoms with van der Waals surface area (Å²) < 4.78 is 0. The molecule has 1 fully saturated rings. The Hall–Kier alpha value is -2.18. The molecule has 2 aromatic heterocycles. The molecule has 0 bridgehead atoms. The van der Waals surface area contributed by atoms with Crippen LogP contribution in [0.2, 0.25) is 0 Å². The maximum atomic E-state index is 12.3. The molecule has 100 valence electrons. The van der Waals surface area contributed by atoms with E-state index in [1.54, 1.807) is 6.20 Å². The van der Waals surface area contributed by atoms with E-state index in [-0.39, 0.29) is 5.91 Å². The second kappa shape index (κ2) is 5.21. The Morgan fingerprint density at radius 1 is 1.53 bits per heavy atom. The summed E-state index contributed by atoms with van der Waals surface area (Å²) in [7, 11) is 0. The maximum Gasteiger partial charge on any atom is 0.270 e. The molecule has 1 amide bonds. The first-order valence-electron chi connectivity index (χ1n) is 6.48. The fraction of sp³-hybridized carbons (Fsp3) is 0.500. The Bertz CT molecular complexity index is 520. The van der Waals surface area contributed by atoms with Crippen LogP contribution in [0, 0.1) is 5.92 Å². The van der Waals surface area contributed by atoms with Crippen molar-refractivity contribution in [3.63, 3.8) is 0 Å². The van der Waals surface area contributed by atoms with Crippen LogP contribution in [0.5, 0.6) is 0 Å². The molecule has 1 atom stereocenters. The monoisotopic (exact) mass is 260 g/mol. The molecule has 1 unspecified atom stereocenters. The van der Waals surface area contributed by atoms with Crippen molar-refractivity contribution in [3.05, 3.63) is 29.8 Å². The lowest BCUT2D eigenvalue weighted by atomic mass is 9.94. The van der Waals surface area contributed by atoms with Crippen molar-refractivity contribution in [1.29, 1.82) is 0 Å². The Balaban J connectivity index is 1.63. The van der Waals surface area contributed by atoms with Crippen molar-refractivity contribution in [2.75, 3.05) is 13.1 Å². The van der Waals surface area contributed by atoms with Crippen molar-refractivity contribution in [2.24, 2.45) is 5.92 Å². The topological polar surface area (TPSA) is 90.6 Å². The van der Waals surface area contributed by atoms with Gasteiger partial charge in [-0.05, 0) is 30.9 Å². The summed E-state index contributed by atoms with van der Waals surface area (Å²) in [6.45, 7) is 1.58. The normalized spacial score (nSPS) is 19.6. The second-order valence-electron chi connectivity index (χ2n) is 4.88. The predicted octanol–water partition coefficient (Wildman–Crippen LogP) is 0.623. The van der Waals surface area contributed by atoms with E-state index in [9.17, 15) is 4.79 Å². The van der Waals surface area contributed by atoms with Gasteiger partial charge in [0.1, 0.15) is 5.69 Å². The first-order valence-corrected chi connectivity index (χ1v) is 6.48. The molecule has 0 spiro atoms. The lowest BCUT2D eigenvalue weighted by Crippen LogP contribution is -2.40. The van der Waals surface area contributed by atoms with E-state index in [1.165, 1.54) is 0 Å². The van der Waals surface area contributed by atoms with E-state index in [2.05, 4.69) is 25.6 Å². The molecule has 2 aromatic rings. The molecule has 0 aliphatic carbocycles. The van der Waals surface area contributed by atoms with Crippen LogP contribution in [0.25, 0.3) is 0 Å². The number of nitrogens with zero attached hydrogens (tertiary/aromatic N) is 4. The van der Waals surface area contributed by atoms with Gasteiger partial charge in [0.2, 0.25) is 0 Å². The van der Waals surface area contributed by atoms with Crippen LogP contribution in [0.4, 0.5) is 0 Å². The van der Waals surface area contributed by atoms with Crippen molar-refractivity contribution < 1.29 is 4.79 Å². The van der Waals surface area contributed by atoms with Gasteiger partial charge >= 0.3 is 0 Å². The summed E-state index contributed by atoms with van der Waals surface area (Å²) in [4.78, 5) is 17.1. The summed E-state index contributed by atoms with van der Waals surface area (Å²) in [5.41, 5.74) is 0.653. The van der Waals surface area contributed by atoms with Crippen LogP contribution in [0.1, 0.15) is 29.2 Å². The van der Waals surface area contributed by atoms with Crippen molar-refractivity contribution in [3.8, 4) is 0 Å². The molecule has 19 heavy (non-hydrogen) atoms. The number of amides is 1. The van der Waals surface area contributed by atoms with Gasteiger partial charge in [-0.15, -0.1) is 10.2 Å². The number of carbonyl (C=O) groups is 1. The van der Waals surface area contributed by atoms with Gasteiger partial charge in [-0.25, -0.2) is 0 Å². The van der Waals surface area contributed by atoms with E-state index >= 15 is 0 Å². The van der Waals surface area contributed by atoms with Crippen LogP contribution < -0.4 is 0 Å². The molecule has 7 heteroatoms. The minimum atomic E-state index is 0.0720. The average molecular weight is 260 g/mol. The van der Waals surface area contributed by atoms with Crippen LogP contribution in [0.3, 0.4) is 0 Å². The fourth-order valence-corrected chi connectivity index (χ4v) is 2.58. The first kappa shape index (κ1) is 11.9. The SMILES string of the molecule is O=C(c1ccc[nH]1)N1CCCC(Cc2nn[nH]n2)C1. The summed E-state index contributed by atoms with van der Waals surface area (Å²) in [6, 6.07) is 3.65. The van der Waals surface area contributed by atoms with Gasteiger partial charge in [-0.1, -0.05) is 5.21 Å². The summed E-state index contributed by atoms with van der Waals surface area (Å²) in [5.74, 6) is 1.20. The molecule has 0 radical (unpaired) electrons. The van der Waals surface area contributed by atoms with Crippen LogP contribution in [-0.4, -0.2) is 49.5 Å². The second-order valence-corrected chi connectivity index (χ2v) is 4.88. The standard InChI is InChI=1S/C12H16N6O/c19-12(10-4-1-5-13-10)18-6-2-3-9(8-18)7-11-14-16-17-15-11/h1,4-5,9,13H,2-3,6-8H2,(H,14,15,16,17). The molecule has 0 saturated carbocycles. The minimum Gasteiger partial charge on any atom is -0.357 e. The predicted molar refractivity (Wildman–Crippen MR) is 67.3 cm³/mol. The third-order valence-electron chi connectivity index (χ3n) is 3.50. The van der Waals surface area contributed by atoms with Crippen LogP contribution in [-0.2, 0) is 6.42 Å². The smallest absolute Gasteiger partial charge is 0.270 e. The number of hydrogen-bond donors (Lipinski definition) is 2. The van der Waals surface area contributed by atoms with Gasteiger partial charge in [-0.2, -0.15) is 5.21 Å². The molecule has 3 rings (SSSR count). The number of tetrazole rings is 1. The lowest BCUT2D eigenvalue weighted by molar-refractivity contribution is 0.0667. The van der Waals surface area contributed by atoms with Gasteiger partial charge in [0.05, 0.1) is 0 Å². The maximum absolute atomic E-state index is 12.3. The van der Waals surface area contributed by atoms with E-state index in [0.29, 0.717) is 11.6 Å². The van der Waals surface area contributed by atoms with Gasteiger partial charge in [0, 0.05) is 25.7 Å². The van der Waals surface area contributed by atoms with E-state index < -0.39 is 0 Å². The Labute approximate surface area is 110 Å². The fourth-order valence-electron chi connectivity index (χ4n) is 2.58. The van der Waals surface area contributed by atoms with Crippen molar-refractivity contribution >= 4 is 5.91 Å². The molecule has 3 heterocycles. The zero-order chi connectivity index (χ0) is 13.1. The van der Waals surface area contributed by atoms with Crippen LogP contribution >= 0.6 is 0 Å². The van der Waals surface area contributed by atoms with Gasteiger partial charge in [0.25, 0.3) is 5.91 Å². The number of likely N-dealkylation sites (tertiary alicyclic amines) is 1. The number of hydrogen-bond acceptors (Lipinski definition) is 4. The zero-order valence-corrected chi connectivity index (χ0v) is 10.5. The van der Waals surface area contributed by atoms with E-state index in [0.717, 1.165) is 38.2 Å². The van der Waals surface area contributed by atoms with Crippen LogP contribution in [0.15, 0.2) is 18.3 Å². The van der Waals surface area contributed by atoms with Crippen molar-refractivity contribution in [2.45, 2.75) is 19.3 Å². The summed E-state index contributed by atoms with van der Waals surface area (Å²) >= 11 is 0. The molecule has 2 N–H and O–H groups in total. The third-order valence-corrected chi connectivity index (χ3v) is 3.50. The molecule has 1 aliphatic heterocycles. The number of piperidine rings is 1. The molecule has 0 aromatic carbocycles. The largest absolute Gasteiger partial charge is 0.357 e. The van der Waals surface area contributed by atoms with Gasteiger partial charge in [-0.3, -0.25) is 4.79 Å². The van der Waals surface area contributed by atoms with E-state index in [1.807, 2.05) is 17.0 Å². The quantitative estimate of drug-likeness (QED) is 0.846. The summed E-state index contributed by atoms with van der Waals surface area (Å²) in [5, 5.41) is 14.0. The highest BCUT2D eigenvalue weighted by atomic mass is 16.2. The molecule has 1 saturated heterocycles. The number of aromatic nitrogens is 5. The Morgan fingerprint density at radius 2 is 2.47 bits per heavy atom. The molecular weight excluding hydrogens is 244 g/mol. The molecule has 1 aliphatic rings. The first-order chi connectivity index (χ1) is 9.33. The molecule has 7 nitrogen and oxygen atoms in total. The number of nitrogens with one attached hydrogen (secondary N) is 2. The Morgan fingerprint density at radius 3 is 3.21 bits per heavy atom. The highest BCUT2D eigenvalue weighted by Gasteiger charge is 2.25. The number of aromatic amines is 2. The highest BCUT2D eigenvalue weighted by Crippen LogP contribution is 2.20. The number of carbonyl (C=O) groups excluding carboxylic acids is 1. The average Bonchev–Trinajstić information content (AvgIpc) is 3.11. The minimum absolute atomic E-state index is 0.0720. The van der Waals surface area contributed by atoms with Crippen molar-refractivity contribution in [1.82, 2.24) is 30.5 Å².